The van der Waals surface area contributed by atoms with Crippen LogP contribution in [0.5, 0.6) is 0 Å². The fraction of sp³-hybridized carbons (Fsp3) is 0.529. The maximum absolute atomic E-state index is 12.2. The second kappa shape index (κ2) is 6.68. The van der Waals surface area contributed by atoms with E-state index in [-0.39, 0.29) is 23.5 Å². The average molecular weight is 318 g/mol. The highest BCUT2D eigenvalue weighted by atomic mass is 16.6. The zero-order chi connectivity index (χ0) is 16.3. The van der Waals surface area contributed by atoms with Gasteiger partial charge in [0.2, 0.25) is 0 Å². The van der Waals surface area contributed by atoms with Crippen LogP contribution in [0.2, 0.25) is 0 Å². The molecule has 124 valence electrons. The van der Waals surface area contributed by atoms with E-state index in [0.29, 0.717) is 24.5 Å². The van der Waals surface area contributed by atoms with Crippen molar-refractivity contribution in [1.82, 2.24) is 5.32 Å². The molecule has 0 saturated carbocycles. The Balaban J connectivity index is 1.57. The number of ketones is 1. The minimum absolute atomic E-state index is 0.0262. The maximum atomic E-state index is 12.2. The van der Waals surface area contributed by atoms with Gasteiger partial charge in [0.15, 0.2) is 5.78 Å². The summed E-state index contributed by atoms with van der Waals surface area (Å²) < 4.78 is 11.3. The van der Waals surface area contributed by atoms with Crippen LogP contribution in [0.25, 0.3) is 0 Å². The Hall–Kier alpha value is -1.92. The molecular formula is C17H22N2O4. The Morgan fingerprint density at radius 3 is 2.91 bits per heavy atom. The number of urea groups is 1. The lowest BCUT2D eigenvalue weighted by Gasteiger charge is -2.37. The van der Waals surface area contributed by atoms with Gasteiger partial charge in [-0.1, -0.05) is 12.1 Å². The summed E-state index contributed by atoms with van der Waals surface area (Å²) in [7, 11) is 0. The Kier molecular flexibility index (Phi) is 4.63. The zero-order valence-electron chi connectivity index (χ0n) is 13.3. The molecular weight excluding hydrogens is 296 g/mol. The molecule has 2 amide bonds. The van der Waals surface area contributed by atoms with E-state index in [2.05, 4.69) is 10.6 Å². The number of hydrogen-bond acceptors (Lipinski definition) is 4. The number of carbonyl (C=O) groups is 2. The highest BCUT2D eigenvalue weighted by molar-refractivity contribution is 5.96. The van der Waals surface area contributed by atoms with Crippen molar-refractivity contribution in [3.05, 3.63) is 29.8 Å². The maximum Gasteiger partial charge on any atom is 0.319 e. The quantitative estimate of drug-likeness (QED) is 0.839. The number of anilines is 1. The number of ether oxygens (including phenoxy) is 2. The molecule has 2 fully saturated rings. The predicted octanol–water partition coefficient (Wildman–Crippen LogP) is 2.35. The van der Waals surface area contributed by atoms with Crippen molar-refractivity contribution in [2.24, 2.45) is 0 Å². The van der Waals surface area contributed by atoms with E-state index in [4.69, 9.17) is 9.47 Å². The van der Waals surface area contributed by atoms with E-state index < -0.39 is 0 Å². The van der Waals surface area contributed by atoms with Crippen molar-refractivity contribution in [3.63, 3.8) is 0 Å². The highest BCUT2D eigenvalue weighted by Gasteiger charge is 2.41. The van der Waals surface area contributed by atoms with Crippen LogP contribution in [0, 0.1) is 0 Å². The normalized spacial score (nSPS) is 26.9. The third-order valence-corrected chi connectivity index (χ3v) is 4.42. The van der Waals surface area contributed by atoms with Gasteiger partial charge in [0, 0.05) is 36.9 Å². The van der Waals surface area contributed by atoms with Crippen molar-refractivity contribution in [2.45, 2.75) is 37.8 Å². The third-order valence-electron chi connectivity index (χ3n) is 4.42. The largest absolute Gasteiger partial charge is 0.378 e. The summed E-state index contributed by atoms with van der Waals surface area (Å²) in [6, 6.07) is 6.74. The van der Waals surface area contributed by atoms with E-state index in [9.17, 15) is 9.59 Å². The van der Waals surface area contributed by atoms with Crippen LogP contribution in [0.1, 0.15) is 36.5 Å². The first-order valence-corrected chi connectivity index (χ1v) is 7.97. The molecule has 2 atom stereocenters. The molecule has 0 aliphatic carbocycles. The molecule has 1 aromatic carbocycles. The molecule has 2 aliphatic heterocycles. The van der Waals surface area contributed by atoms with Gasteiger partial charge in [-0.25, -0.2) is 4.79 Å². The molecule has 1 aromatic rings. The van der Waals surface area contributed by atoms with E-state index >= 15 is 0 Å². The Labute approximate surface area is 135 Å². The minimum Gasteiger partial charge on any atom is -0.378 e. The van der Waals surface area contributed by atoms with E-state index in [1.54, 1.807) is 24.3 Å². The van der Waals surface area contributed by atoms with E-state index in [1.807, 2.05) is 0 Å². The fourth-order valence-corrected chi connectivity index (χ4v) is 3.18. The number of rotatable bonds is 3. The van der Waals surface area contributed by atoms with Gasteiger partial charge in [0.1, 0.15) is 0 Å². The number of amides is 2. The number of hydrogen-bond donors (Lipinski definition) is 2. The van der Waals surface area contributed by atoms with E-state index in [0.717, 1.165) is 25.9 Å². The van der Waals surface area contributed by atoms with Gasteiger partial charge in [0.05, 0.1) is 12.2 Å². The van der Waals surface area contributed by atoms with Crippen molar-refractivity contribution in [2.75, 3.05) is 25.1 Å². The molecule has 0 unspecified atom stereocenters. The lowest BCUT2D eigenvalue weighted by molar-refractivity contribution is -0.0877. The van der Waals surface area contributed by atoms with Gasteiger partial charge < -0.3 is 20.1 Å². The van der Waals surface area contributed by atoms with Crippen LogP contribution >= 0.6 is 0 Å². The molecule has 2 aliphatic rings. The van der Waals surface area contributed by atoms with Gasteiger partial charge in [-0.2, -0.15) is 0 Å². The summed E-state index contributed by atoms with van der Waals surface area (Å²) in [5, 5.41) is 5.79. The standard InChI is InChI=1S/C17H22N2O4/c1-12(20)13-3-2-4-14(9-13)18-16(21)19-15-5-7-23-17(10-15)6-8-22-11-17/h2-4,9,15H,5-8,10-11H2,1H3,(H2,18,19,21)/t15-,17+/m0/s1. The molecule has 0 bridgehead atoms. The first kappa shape index (κ1) is 16.0. The van der Waals surface area contributed by atoms with Crippen molar-refractivity contribution in [1.29, 1.82) is 0 Å². The molecule has 2 N–H and O–H groups in total. The molecule has 0 radical (unpaired) electrons. The Bertz CT molecular complexity index is 596. The van der Waals surface area contributed by atoms with Crippen LogP contribution < -0.4 is 10.6 Å². The van der Waals surface area contributed by atoms with Gasteiger partial charge in [-0.15, -0.1) is 0 Å². The first-order valence-electron chi connectivity index (χ1n) is 7.97. The minimum atomic E-state index is -0.258. The number of nitrogens with one attached hydrogen (secondary N) is 2. The molecule has 23 heavy (non-hydrogen) atoms. The second-order valence-electron chi connectivity index (χ2n) is 6.26. The Morgan fingerprint density at radius 2 is 2.17 bits per heavy atom. The van der Waals surface area contributed by atoms with Crippen molar-refractivity contribution < 1.29 is 19.1 Å². The van der Waals surface area contributed by atoms with Crippen molar-refractivity contribution >= 4 is 17.5 Å². The second-order valence-corrected chi connectivity index (χ2v) is 6.26. The molecule has 1 spiro atoms. The summed E-state index contributed by atoms with van der Waals surface area (Å²) in [4.78, 5) is 23.6. The number of Topliss-reactive ketones (excluding diaryl/α,β-unsaturated/α-hetero) is 1. The summed E-state index contributed by atoms with van der Waals surface area (Å²) in [6.07, 6.45) is 2.45. The summed E-state index contributed by atoms with van der Waals surface area (Å²) in [6.45, 7) is 3.46. The summed E-state index contributed by atoms with van der Waals surface area (Å²) in [5.74, 6) is -0.0262. The number of benzene rings is 1. The fourth-order valence-electron chi connectivity index (χ4n) is 3.18. The van der Waals surface area contributed by atoms with Crippen LogP contribution in [0.3, 0.4) is 0 Å². The molecule has 6 heteroatoms. The molecule has 2 saturated heterocycles. The topological polar surface area (TPSA) is 76.7 Å². The lowest BCUT2D eigenvalue weighted by Crippen LogP contribution is -2.49. The van der Waals surface area contributed by atoms with Crippen LogP contribution in [0.15, 0.2) is 24.3 Å². The first-order chi connectivity index (χ1) is 11.1. The van der Waals surface area contributed by atoms with Crippen molar-refractivity contribution in [3.8, 4) is 0 Å². The number of carbonyl (C=O) groups excluding carboxylic acids is 2. The summed E-state index contributed by atoms with van der Waals surface area (Å²) in [5.41, 5.74) is 0.960. The predicted molar refractivity (Wildman–Crippen MR) is 85.7 cm³/mol. The van der Waals surface area contributed by atoms with Gasteiger partial charge in [0.25, 0.3) is 0 Å². The van der Waals surface area contributed by atoms with Gasteiger partial charge in [-0.3, -0.25) is 4.79 Å². The molecule has 2 heterocycles. The van der Waals surface area contributed by atoms with Crippen LogP contribution in [-0.4, -0.2) is 43.3 Å². The zero-order valence-corrected chi connectivity index (χ0v) is 13.3. The summed E-state index contributed by atoms with van der Waals surface area (Å²) >= 11 is 0. The van der Waals surface area contributed by atoms with Crippen LogP contribution in [-0.2, 0) is 9.47 Å². The monoisotopic (exact) mass is 318 g/mol. The van der Waals surface area contributed by atoms with E-state index in [1.165, 1.54) is 6.92 Å². The molecule has 0 aromatic heterocycles. The SMILES string of the molecule is CC(=O)c1cccc(NC(=O)N[C@H]2CCO[C@]3(CCOC3)C2)c1. The molecule has 6 nitrogen and oxygen atoms in total. The molecule has 3 rings (SSSR count). The van der Waals surface area contributed by atoms with Crippen LogP contribution in [0.4, 0.5) is 10.5 Å². The highest BCUT2D eigenvalue weighted by Crippen LogP contribution is 2.32. The third kappa shape index (κ3) is 3.89. The van der Waals surface area contributed by atoms with Gasteiger partial charge >= 0.3 is 6.03 Å². The Morgan fingerprint density at radius 1 is 1.30 bits per heavy atom. The smallest absolute Gasteiger partial charge is 0.319 e. The lowest BCUT2D eigenvalue weighted by atomic mass is 9.90. The average Bonchev–Trinajstić information content (AvgIpc) is 2.95. The van der Waals surface area contributed by atoms with Gasteiger partial charge in [-0.05, 0) is 31.9 Å².